The van der Waals surface area contributed by atoms with E-state index in [1.54, 1.807) is 27.9 Å². The Labute approximate surface area is 187 Å². The molecule has 2 aromatic carbocycles. The standard InChI is InChI=1S/C23H18ClF2N3OS/c24-20-8-14(1-2-16(20)10-27)19(7-15-3-4-18(25)9-21(15)26)17-5-6-29(11-17)23(30)22-12-31-13-28-22/h1-4,8-9,12-13,17,19H,5-7,11H2/t17-,19?/m0/s1. The van der Waals surface area contributed by atoms with Crippen molar-refractivity contribution in [2.24, 2.45) is 5.92 Å². The minimum atomic E-state index is -0.625. The molecule has 0 N–H and O–H groups in total. The molecule has 0 saturated carbocycles. The number of nitrogens with zero attached hydrogens (tertiary/aromatic N) is 3. The molecule has 1 fully saturated rings. The lowest BCUT2D eigenvalue weighted by molar-refractivity contribution is 0.0780. The lowest BCUT2D eigenvalue weighted by atomic mass is 9.80. The molecule has 31 heavy (non-hydrogen) atoms. The van der Waals surface area contributed by atoms with Crippen LogP contribution in [0.4, 0.5) is 8.78 Å². The van der Waals surface area contributed by atoms with Gasteiger partial charge in [-0.2, -0.15) is 5.26 Å². The Morgan fingerprint density at radius 2 is 2.16 bits per heavy atom. The summed E-state index contributed by atoms with van der Waals surface area (Å²) in [6, 6.07) is 10.8. The van der Waals surface area contributed by atoms with Crippen LogP contribution in [0.3, 0.4) is 0 Å². The Morgan fingerprint density at radius 3 is 2.84 bits per heavy atom. The maximum atomic E-state index is 14.4. The second-order valence-electron chi connectivity index (χ2n) is 7.57. The van der Waals surface area contributed by atoms with Crippen LogP contribution < -0.4 is 0 Å². The highest BCUT2D eigenvalue weighted by Crippen LogP contribution is 2.37. The first-order valence-corrected chi connectivity index (χ1v) is 11.1. The van der Waals surface area contributed by atoms with Gasteiger partial charge in [0.05, 0.1) is 16.1 Å². The van der Waals surface area contributed by atoms with Crippen LogP contribution in [0.5, 0.6) is 0 Å². The Kier molecular flexibility index (Phi) is 6.30. The topological polar surface area (TPSA) is 57.0 Å². The first-order valence-electron chi connectivity index (χ1n) is 9.77. The zero-order valence-corrected chi connectivity index (χ0v) is 18.0. The van der Waals surface area contributed by atoms with Gasteiger partial charge in [0, 0.05) is 24.5 Å². The van der Waals surface area contributed by atoms with Gasteiger partial charge in [-0.05, 0) is 54.0 Å². The lowest BCUT2D eigenvalue weighted by Crippen LogP contribution is -2.30. The van der Waals surface area contributed by atoms with Crippen LogP contribution in [0, 0.1) is 28.9 Å². The minimum absolute atomic E-state index is 0.0519. The SMILES string of the molecule is N#Cc1ccc(C(Cc2ccc(F)cc2F)[C@H]2CCN(C(=O)c3cscn3)C2)cc1Cl. The number of hydrogen-bond donors (Lipinski definition) is 0. The molecule has 1 amide bonds. The molecule has 3 aromatic rings. The molecule has 1 aliphatic heterocycles. The summed E-state index contributed by atoms with van der Waals surface area (Å²) >= 11 is 7.63. The van der Waals surface area contributed by atoms with Crippen LogP contribution in [0.2, 0.25) is 5.02 Å². The molecule has 2 heterocycles. The number of likely N-dealkylation sites (tertiary alicyclic amines) is 1. The normalized spacial score (nSPS) is 16.8. The van der Waals surface area contributed by atoms with Crippen LogP contribution in [-0.4, -0.2) is 28.9 Å². The number of halogens is 3. The fourth-order valence-electron chi connectivity index (χ4n) is 4.11. The van der Waals surface area contributed by atoms with E-state index in [9.17, 15) is 18.8 Å². The highest BCUT2D eigenvalue weighted by Gasteiger charge is 2.34. The summed E-state index contributed by atoms with van der Waals surface area (Å²) in [5.41, 5.74) is 3.67. The van der Waals surface area contributed by atoms with Gasteiger partial charge in [0.25, 0.3) is 5.91 Å². The van der Waals surface area contributed by atoms with Crippen LogP contribution in [0.25, 0.3) is 0 Å². The molecular weight excluding hydrogens is 440 g/mol. The van der Waals surface area contributed by atoms with Gasteiger partial charge in [0.1, 0.15) is 23.4 Å². The number of carbonyl (C=O) groups is 1. The van der Waals surface area contributed by atoms with E-state index in [0.29, 0.717) is 41.4 Å². The van der Waals surface area contributed by atoms with Gasteiger partial charge in [-0.1, -0.05) is 23.7 Å². The summed E-state index contributed by atoms with van der Waals surface area (Å²) in [5.74, 6) is -1.44. The quantitative estimate of drug-likeness (QED) is 0.513. The summed E-state index contributed by atoms with van der Waals surface area (Å²) in [5, 5.41) is 11.2. The fraction of sp³-hybridized carbons (Fsp3) is 0.261. The minimum Gasteiger partial charge on any atom is -0.337 e. The average molecular weight is 458 g/mol. The highest BCUT2D eigenvalue weighted by atomic mass is 35.5. The molecule has 1 aromatic heterocycles. The van der Waals surface area contributed by atoms with E-state index in [4.69, 9.17) is 11.6 Å². The molecular formula is C23H18ClF2N3OS. The third-order valence-corrected chi connectivity index (χ3v) is 6.63. The molecule has 1 saturated heterocycles. The predicted molar refractivity (Wildman–Crippen MR) is 115 cm³/mol. The van der Waals surface area contributed by atoms with E-state index >= 15 is 0 Å². The van der Waals surface area contributed by atoms with E-state index in [-0.39, 0.29) is 17.7 Å². The van der Waals surface area contributed by atoms with Gasteiger partial charge >= 0.3 is 0 Å². The maximum absolute atomic E-state index is 14.4. The molecule has 1 unspecified atom stereocenters. The highest BCUT2D eigenvalue weighted by molar-refractivity contribution is 7.07. The summed E-state index contributed by atoms with van der Waals surface area (Å²) in [6.07, 6.45) is 1.07. The average Bonchev–Trinajstić information content (AvgIpc) is 3.45. The molecule has 0 bridgehead atoms. The zero-order chi connectivity index (χ0) is 22.0. The van der Waals surface area contributed by atoms with Crippen LogP contribution in [0.1, 0.15) is 39.5 Å². The van der Waals surface area contributed by atoms with Gasteiger partial charge in [-0.3, -0.25) is 4.79 Å². The summed E-state index contributed by atoms with van der Waals surface area (Å²) in [4.78, 5) is 18.6. The summed E-state index contributed by atoms with van der Waals surface area (Å²) in [7, 11) is 0. The van der Waals surface area contributed by atoms with Gasteiger partial charge in [0.2, 0.25) is 0 Å². The van der Waals surface area contributed by atoms with Gasteiger partial charge < -0.3 is 4.90 Å². The van der Waals surface area contributed by atoms with Crippen molar-refractivity contribution in [1.29, 1.82) is 5.26 Å². The maximum Gasteiger partial charge on any atom is 0.273 e. The van der Waals surface area contributed by atoms with E-state index in [1.807, 2.05) is 12.1 Å². The Bertz CT molecular complexity index is 1150. The second-order valence-corrected chi connectivity index (χ2v) is 8.70. The van der Waals surface area contributed by atoms with Gasteiger partial charge in [-0.15, -0.1) is 11.3 Å². The van der Waals surface area contributed by atoms with Crippen molar-refractivity contribution < 1.29 is 13.6 Å². The van der Waals surface area contributed by atoms with E-state index in [1.165, 1.54) is 23.5 Å². The van der Waals surface area contributed by atoms with Crippen molar-refractivity contribution in [2.45, 2.75) is 18.8 Å². The number of benzene rings is 2. The number of amides is 1. The number of rotatable bonds is 5. The van der Waals surface area contributed by atoms with Crippen molar-refractivity contribution in [2.75, 3.05) is 13.1 Å². The van der Waals surface area contributed by atoms with Crippen LogP contribution >= 0.6 is 22.9 Å². The first-order chi connectivity index (χ1) is 15.0. The van der Waals surface area contributed by atoms with E-state index in [0.717, 1.165) is 18.1 Å². The summed E-state index contributed by atoms with van der Waals surface area (Å²) < 4.78 is 27.8. The number of hydrogen-bond acceptors (Lipinski definition) is 4. The molecule has 4 rings (SSSR count). The molecule has 0 radical (unpaired) electrons. The number of carbonyl (C=O) groups excluding carboxylic acids is 1. The second kappa shape index (κ2) is 9.13. The smallest absolute Gasteiger partial charge is 0.273 e. The molecule has 8 heteroatoms. The van der Waals surface area contributed by atoms with Crippen molar-refractivity contribution in [3.8, 4) is 6.07 Å². The number of thiazole rings is 1. The fourth-order valence-corrected chi connectivity index (χ4v) is 4.87. The first kappa shape index (κ1) is 21.4. The van der Waals surface area contributed by atoms with E-state index < -0.39 is 11.6 Å². The predicted octanol–water partition coefficient (Wildman–Crippen LogP) is 5.43. The Morgan fingerprint density at radius 1 is 1.32 bits per heavy atom. The van der Waals surface area contributed by atoms with Gasteiger partial charge in [0.15, 0.2) is 0 Å². The van der Waals surface area contributed by atoms with Crippen molar-refractivity contribution in [3.05, 3.63) is 86.3 Å². The third-order valence-electron chi connectivity index (χ3n) is 5.73. The molecule has 0 spiro atoms. The Hall–Kier alpha value is -2.82. The molecule has 1 aliphatic rings. The molecule has 158 valence electrons. The monoisotopic (exact) mass is 457 g/mol. The number of nitriles is 1. The van der Waals surface area contributed by atoms with Crippen LogP contribution in [0.15, 0.2) is 47.3 Å². The zero-order valence-electron chi connectivity index (χ0n) is 16.4. The molecule has 2 atom stereocenters. The lowest BCUT2D eigenvalue weighted by Gasteiger charge is -2.25. The number of aromatic nitrogens is 1. The molecule has 4 nitrogen and oxygen atoms in total. The van der Waals surface area contributed by atoms with Crippen molar-refractivity contribution in [1.82, 2.24) is 9.88 Å². The van der Waals surface area contributed by atoms with Gasteiger partial charge in [-0.25, -0.2) is 13.8 Å². The van der Waals surface area contributed by atoms with Crippen LogP contribution in [-0.2, 0) is 6.42 Å². The Balaban J connectivity index is 1.63. The largest absolute Gasteiger partial charge is 0.337 e. The molecule has 0 aliphatic carbocycles. The third kappa shape index (κ3) is 4.60. The van der Waals surface area contributed by atoms with Crippen molar-refractivity contribution >= 4 is 28.8 Å². The summed E-state index contributed by atoms with van der Waals surface area (Å²) in [6.45, 7) is 1.08. The van der Waals surface area contributed by atoms with E-state index in [2.05, 4.69) is 4.98 Å². The van der Waals surface area contributed by atoms with Crippen molar-refractivity contribution in [3.63, 3.8) is 0 Å².